The van der Waals surface area contributed by atoms with Crippen LogP contribution in [-0.4, -0.2) is 47.7 Å². The van der Waals surface area contributed by atoms with E-state index in [2.05, 4.69) is 0 Å². The number of aliphatic carboxylic acids is 1. The van der Waals surface area contributed by atoms with Crippen LogP contribution in [0.1, 0.15) is 27.2 Å². The molecule has 0 aliphatic carbocycles. The summed E-state index contributed by atoms with van der Waals surface area (Å²) < 4.78 is 5.04. The zero-order valence-corrected chi connectivity index (χ0v) is 9.90. The molecule has 5 heteroatoms. The number of rotatable bonds is 4. The number of carbonyl (C=O) groups excluding carboxylic acids is 1. The van der Waals surface area contributed by atoms with E-state index in [9.17, 15) is 9.59 Å². The molecule has 0 saturated heterocycles. The molecule has 88 valence electrons. The average molecular weight is 217 g/mol. The van der Waals surface area contributed by atoms with E-state index in [0.717, 1.165) is 0 Å². The Kier molecular flexibility index (Phi) is 4.74. The Morgan fingerprint density at radius 3 is 2.07 bits per heavy atom. The van der Waals surface area contributed by atoms with Gasteiger partial charge in [0.25, 0.3) is 0 Å². The Morgan fingerprint density at radius 2 is 1.80 bits per heavy atom. The minimum Gasteiger partial charge on any atom is -0.480 e. The van der Waals surface area contributed by atoms with Gasteiger partial charge in [0, 0.05) is 0 Å². The van der Waals surface area contributed by atoms with E-state index in [1.54, 1.807) is 34.9 Å². The minimum absolute atomic E-state index is 0.139. The van der Waals surface area contributed by atoms with Crippen LogP contribution in [0.5, 0.6) is 0 Å². The second-order valence-corrected chi connectivity index (χ2v) is 4.61. The van der Waals surface area contributed by atoms with Crippen LogP contribution in [0.3, 0.4) is 0 Å². The topological polar surface area (TPSA) is 66.8 Å². The SMILES string of the molecule is CN(C)C(CC(=O)OC(C)(C)C)C(=O)O. The van der Waals surface area contributed by atoms with Crippen LogP contribution in [-0.2, 0) is 14.3 Å². The van der Waals surface area contributed by atoms with Gasteiger partial charge in [-0.25, -0.2) is 0 Å². The first-order valence-corrected chi connectivity index (χ1v) is 4.74. The summed E-state index contributed by atoms with van der Waals surface area (Å²) in [5, 5.41) is 8.84. The number of hydrogen-bond donors (Lipinski definition) is 1. The lowest BCUT2D eigenvalue weighted by Crippen LogP contribution is -2.39. The lowest BCUT2D eigenvalue weighted by Gasteiger charge is -2.23. The van der Waals surface area contributed by atoms with Gasteiger partial charge in [0.1, 0.15) is 11.6 Å². The maximum Gasteiger partial charge on any atom is 0.321 e. The van der Waals surface area contributed by atoms with Gasteiger partial charge in [0.15, 0.2) is 0 Å². The van der Waals surface area contributed by atoms with Crippen LogP contribution in [0.15, 0.2) is 0 Å². The molecule has 0 saturated carbocycles. The van der Waals surface area contributed by atoms with E-state index in [0.29, 0.717) is 0 Å². The van der Waals surface area contributed by atoms with Gasteiger partial charge < -0.3 is 9.84 Å². The summed E-state index contributed by atoms with van der Waals surface area (Å²) in [5.74, 6) is -1.52. The Hall–Kier alpha value is -1.10. The highest BCUT2D eigenvalue weighted by atomic mass is 16.6. The second-order valence-electron chi connectivity index (χ2n) is 4.61. The summed E-state index contributed by atoms with van der Waals surface area (Å²) in [7, 11) is 3.23. The van der Waals surface area contributed by atoms with Crippen molar-refractivity contribution >= 4 is 11.9 Å². The van der Waals surface area contributed by atoms with Crippen LogP contribution in [0.25, 0.3) is 0 Å². The van der Waals surface area contributed by atoms with Crippen LogP contribution < -0.4 is 0 Å². The maximum atomic E-state index is 11.4. The third-order valence-electron chi connectivity index (χ3n) is 1.69. The number of carbonyl (C=O) groups is 2. The normalized spacial score (nSPS) is 13.7. The Bertz CT molecular complexity index is 242. The number of likely N-dealkylation sites (N-methyl/N-ethyl adjacent to an activating group) is 1. The van der Waals surface area contributed by atoms with Gasteiger partial charge in [-0.1, -0.05) is 0 Å². The number of nitrogens with zero attached hydrogens (tertiary/aromatic N) is 1. The number of ether oxygens (including phenoxy) is 1. The summed E-state index contributed by atoms with van der Waals surface area (Å²) in [5.41, 5.74) is -0.577. The van der Waals surface area contributed by atoms with Gasteiger partial charge in [0.2, 0.25) is 0 Å². The molecule has 0 rings (SSSR count). The molecule has 0 aromatic rings. The molecule has 15 heavy (non-hydrogen) atoms. The monoisotopic (exact) mass is 217 g/mol. The van der Waals surface area contributed by atoms with E-state index in [1.807, 2.05) is 0 Å². The summed E-state index contributed by atoms with van der Waals surface area (Å²) in [6.45, 7) is 5.24. The third-order valence-corrected chi connectivity index (χ3v) is 1.69. The van der Waals surface area contributed by atoms with E-state index in [4.69, 9.17) is 9.84 Å². The summed E-state index contributed by atoms with van der Waals surface area (Å²) in [4.78, 5) is 23.6. The molecule has 1 N–H and O–H groups in total. The highest BCUT2D eigenvalue weighted by Crippen LogP contribution is 2.10. The van der Waals surface area contributed by atoms with Crippen LogP contribution in [0, 0.1) is 0 Å². The molecular formula is C10H19NO4. The van der Waals surface area contributed by atoms with Gasteiger partial charge >= 0.3 is 11.9 Å². The molecule has 1 atom stereocenters. The maximum absolute atomic E-state index is 11.4. The first kappa shape index (κ1) is 13.9. The van der Waals surface area contributed by atoms with Crippen LogP contribution >= 0.6 is 0 Å². The van der Waals surface area contributed by atoms with Gasteiger partial charge in [-0.2, -0.15) is 0 Å². The fraction of sp³-hybridized carbons (Fsp3) is 0.800. The Balaban J connectivity index is 4.31. The van der Waals surface area contributed by atoms with Crippen molar-refractivity contribution in [2.75, 3.05) is 14.1 Å². The van der Waals surface area contributed by atoms with Gasteiger partial charge in [-0.3, -0.25) is 14.5 Å². The minimum atomic E-state index is -1.02. The molecule has 0 heterocycles. The number of carboxylic acid groups (broad SMARTS) is 1. The van der Waals surface area contributed by atoms with E-state index in [-0.39, 0.29) is 6.42 Å². The standard InChI is InChI=1S/C10H19NO4/c1-10(2,3)15-8(12)6-7(9(13)14)11(4)5/h7H,6H2,1-5H3,(H,13,14). The van der Waals surface area contributed by atoms with Crippen molar-refractivity contribution in [3.05, 3.63) is 0 Å². The summed E-state index contributed by atoms with van der Waals surface area (Å²) in [6.07, 6.45) is -0.139. The summed E-state index contributed by atoms with van der Waals surface area (Å²) >= 11 is 0. The number of carboxylic acids is 1. The highest BCUT2D eigenvalue weighted by Gasteiger charge is 2.26. The Morgan fingerprint density at radius 1 is 1.33 bits per heavy atom. The quantitative estimate of drug-likeness (QED) is 0.703. The molecule has 0 aliphatic heterocycles. The lowest BCUT2D eigenvalue weighted by atomic mass is 10.1. The zero-order valence-electron chi connectivity index (χ0n) is 9.90. The molecule has 0 aromatic carbocycles. The first-order valence-electron chi connectivity index (χ1n) is 4.74. The summed E-state index contributed by atoms with van der Waals surface area (Å²) in [6, 6.07) is -0.833. The Labute approximate surface area is 90.0 Å². The molecule has 0 amide bonds. The smallest absolute Gasteiger partial charge is 0.321 e. The molecule has 0 aromatic heterocycles. The van der Waals surface area contributed by atoms with Gasteiger partial charge in [0.05, 0.1) is 6.42 Å². The van der Waals surface area contributed by atoms with Crippen molar-refractivity contribution in [3.8, 4) is 0 Å². The fourth-order valence-corrected chi connectivity index (χ4v) is 1.03. The zero-order chi connectivity index (χ0) is 12.2. The third kappa shape index (κ3) is 6.06. The molecule has 0 radical (unpaired) electrons. The van der Waals surface area contributed by atoms with Crippen molar-refractivity contribution < 1.29 is 19.4 Å². The molecular weight excluding hydrogens is 198 g/mol. The van der Waals surface area contributed by atoms with Crippen molar-refractivity contribution in [2.45, 2.75) is 38.8 Å². The van der Waals surface area contributed by atoms with Gasteiger partial charge in [-0.15, -0.1) is 0 Å². The molecule has 5 nitrogen and oxygen atoms in total. The molecule has 0 spiro atoms. The average Bonchev–Trinajstić information content (AvgIpc) is 1.95. The first-order chi connectivity index (χ1) is 6.63. The molecule has 0 bridgehead atoms. The van der Waals surface area contributed by atoms with Crippen molar-refractivity contribution in [3.63, 3.8) is 0 Å². The molecule has 0 fully saturated rings. The number of esters is 1. The van der Waals surface area contributed by atoms with E-state index >= 15 is 0 Å². The predicted molar refractivity (Wildman–Crippen MR) is 55.6 cm³/mol. The fourth-order valence-electron chi connectivity index (χ4n) is 1.03. The second kappa shape index (κ2) is 5.11. The van der Waals surface area contributed by atoms with E-state index in [1.165, 1.54) is 4.90 Å². The van der Waals surface area contributed by atoms with Crippen molar-refractivity contribution in [1.29, 1.82) is 0 Å². The predicted octanol–water partition coefficient (Wildman–Crippen LogP) is 0.733. The molecule has 1 unspecified atom stereocenters. The van der Waals surface area contributed by atoms with E-state index < -0.39 is 23.6 Å². The van der Waals surface area contributed by atoms with Crippen molar-refractivity contribution in [1.82, 2.24) is 4.90 Å². The van der Waals surface area contributed by atoms with Crippen molar-refractivity contribution in [2.24, 2.45) is 0 Å². The highest BCUT2D eigenvalue weighted by molar-refractivity contribution is 5.81. The number of hydrogen-bond acceptors (Lipinski definition) is 4. The van der Waals surface area contributed by atoms with Crippen LogP contribution in [0.4, 0.5) is 0 Å². The van der Waals surface area contributed by atoms with Gasteiger partial charge in [-0.05, 0) is 34.9 Å². The molecule has 0 aliphatic rings. The van der Waals surface area contributed by atoms with Crippen LogP contribution in [0.2, 0.25) is 0 Å². The lowest BCUT2D eigenvalue weighted by molar-refractivity contribution is -0.160. The largest absolute Gasteiger partial charge is 0.480 e.